The highest BCUT2D eigenvalue weighted by molar-refractivity contribution is 7.99. The lowest BCUT2D eigenvalue weighted by atomic mass is 9.87. The van der Waals surface area contributed by atoms with Crippen molar-refractivity contribution in [1.29, 1.82) is 0 Å². The molecule has 0 radical (unpaired) electrons. The predicted molar refractivity (Wildman–Crippen MR) is 166 cm³/mol. The van der Waals surface area contributed by atoms with Crippen molar-refractivity contribution in [1.82, 2.24) is 14.8 Å². The number of thioether (sulfide) groups is 1. The molecule has 4 aromatic rings. The predicted octanol–water partition coefficient (Wildman–Crippen LogP) is 7.21. The number of benzene rings is 3. The molecule has 1 heterocycles. The molecule has 1 aromatic heterocycles. The minimum atomic E-state index is -0.0992. The van der Waals surface area contributed by atoms with Crippen molar-refractivity contribution in [3.8, 4) is 22.8 Å². The van der Waals surface area contributed by atoms with Crippen LogP contribution in [0, 0.1) is 0 Å². The Kier molecular flexibility index (Phi) is 9.53. The molecule has 0 aliphatic rings. The van der Waals surface area contributed by atoms with Crippen molar-refractivity contribution in [3.63, 3.8) is 0 Å². The molecule has 3 aromatic carbocycles. The number of carbonyl (C=O) groups excluding carboxylic acids is 1. The lowest BCUT2D eigenvalue weighted by molar-refractivity contribution is -0.113. The summed E-state index contributed by atoms with van der Waals surface area (Å²) in [6, 6.07) is 24.3. The average Bonchev–Trinajstić information content (AvgIpc) is 3.38. The van der Waals surface area contributed by atoms with Crippen molar-refractivity contribution < 1.29 is 9.53 Å². The van der Waals surface area contributed by atoms with Crippen LogP contribution in [0.1, 0.15) is 47.1 Å². The van der Waals surface area contributed by atoms with Gasteiger partial charge in [-0.1, -0.05) is 56.8 Å². The third-order valence-electron chi connectivity index (χ3n) is 6.66. The lowest BCUT2D eigenvalue weighted by Gasteiger charge is -2.21. The molecule has 1 N–H and O–H groups in total. The number of nitrogens with zero attached hydrogens (tertiary/aromatic N) is 4. The van der Waals surface area contributed by atoms with Gasteiger partial charge in [-0.15, -0.1) is 10.2 Å². The van der Waals surface area contributed by atoms with Gasteiger partial charge in [0.2, 0.25) is 5.91 Å². The highest BCUT2D eigenvalue weighted by Crippen LogP contribution is 2.31. The maximum absolute atomic E-state index is 12.9. The summed E-state index contributed by atoms with van der Waals surface area (Å²) in [6.45, 7) is 15.3. The van der Waals surface area contributed by atoms with Crippen LogP contribution in [0.3, 0.4) is 0 Å². The van der Waals surface area contributed by atoms with E-state index in [1.807, 2.05) is 60.0 Å². The van der Waals surface area contributed by atoms with E-state index in [9.17, 15) is 4.79 Å². The van der Waals surface area contributed by atoms with Crippen molar-refractivity contribution in [2.75, 3.05) is 35.7 Å². The molecule has 8 heteroatoms. The quantitative estimate of drug-likeness (QED) is 0.197. The number of anilines is 2. The summed E-state index contributed by atoms with van der Waals surface area (Å²) in [5.41, 5.74) is 5.08. The summed E-state index contributed by atoms with van der Waals surface area (Å²) in [4.78, 5) is 15.1. The first-order valence-electron chi connectivity index (χ1n) is 13.8. The van der Waals surface area contributed by atoms with E-state index in [0.29, 0.717) is 11.8 Å². The van der Waals surface area contributed by atoms with Gasteiger partial charge in [-0.2, -0.15) is 0 Å². The van der Waals surface area contributed by atoms with E-state index in [-0.39, 0.29) is 17.1 Å². The molecule has 0 atom stereocenters. The molecule has 0 saturated carbocycles. The Labute approximate surface area is 242 Å². The molecule has 4 rings (SSSR count). The van der Waals surface area contributed by atoms with Gasteiger partial charge in [0.25, 0.3) is 0 Å². The Bertz CT molecular complexity index is 1390. The number of aromatic nitrogens is 3. The summed E-state index contributed by atoms with van der Waals surface area (Å²) in [5.74, 6) is 1.63. The van der Waals surface area contributed by atoms with Crippen molar-refractivity contribution in [3.05, 3.63) is 78.4 Å². The zero-order valence-corrected chi connectivity index (χ0v) is 25.1. The summed E-state index contributed by atoms with van der Waals surface area (Å²) in [7, 11) is 0. The van der Waals surface area contributed by atoms with Gasteiger partial charge in [0.05, 0.1) is 12.4 Å². The monoisotopic (exact) mass is 557 g/mol. The van der Waals surface area contributed by atoms with E-state index in [0.717, 1.165) is 47.3 Å². The SMILES string of the molecule is CCOc1ccc(-n2c(SCC(=O)Nc3ccc(N(CC)CC)cc3)nnc2-c2ccc(C(C)(C)C)cc2)cc1. The second-order valence-corrected chi connectivity index (χ2v) is 11.4. The average molecular weight is 558 g/mol. The number of ether oxygens (including phenoxy) is 1. The first-order chi connectivity index (χ1) is 19.2. The van der Waals surface area contributed by atoms with E-state index >= 15 is 0 Å². The number of carbonyl (C=O) groups is 1. The normalized spacial score (nSPS) is 11.3. The van der Waals surface area contributed by atoms with E-state index in [1.54, 1.807) is 0 Å². The maximum atomic E-state index is 12.9. The van der Waals surface area contributed by atoms with Gasteiger partial charge in [0, 0.05) is 35.7 Å². The van der Waals surface area contributed by atoms with Crippen LogP contribution < -0.4 is 15.0 Å². The van der Waals surface area contributed by atoms with Crippen LogP contribution in [0.15, 0.2) is 78.0 Å². The second kappa shape index (κ2) is 13.0. The maximum Gasteiger partial charge on any atom is 0.234 e. The molecule has 7 nitrogen and oxygen atoms in total. The third kappa shape index (κ3) is 7.04. The molecule has 1 amide bonds. The number of hydrogen-bond donors (Lipinski definition) is 1. The fourth-order valence-corrected chi connectivity index (χ4v) is 5.18. The Morgan fingerprint density at radius 3 is 2.12 bits per heavy atom. The number of hydrogen-bond acceptors (Lipinski definition) is 6. The van der Waals surface area contributed by atoms with Crippen LogP contribution in [0.5, 0.6) is 5.75 Å². The fraction of sp³-hybridized carbons (Fsp3) is 0.344. The van der Waals surface area contributed by atoms with Gasteiger partial charge in [0.1, 0.15) is 5.75 Å². The lowest BCUT2D eigenvalue weighted by Crippen LogP contribution is -2.21. The minimum absolute atomic E-state index is 0.0569. The second-order valence-electron chi connectivity index (χ2n) is 10.5. The van der Waals surface area contributed by atoms with Crippen LogP contribution in [0.4, 0.5) is 11.4 Å². The highest BCUT2D eigenvalue weighted by Gasteiger charge is 2.19. The minimum Gasteiger partial charge on any atom is -0.494 e. The van der Waals surface area contributed by atoms with Gasteiger partial charge in [-0.05, 0) is 80.3 Å². The van der Waals surface area contributed by atoms with Crippen molar-refractivity contribution in [2.24, 2.45) is 0 Å². The van der Waals surface area contributed by atoms with Gasteiger partial charge in [-0.3, -0.25) is 9.36 Å². The molecule has 0 fully saturated rings. The number of rotatable bonds is 11. The van der Waals surface area contributed by atoms with E-state index in [2.05, 4.69) is 79.3 Å². The van der Waals surface area contributed by atoms with Gasteiger partial charge < -0.3 is 15.0 Å². The highest BCUT2D eigenvalue weighted by atomic mass is 32.2. The molecule has 0 aliphatic heterocycles. The zero-order valence-electron chi connectivity index (χ0n) is 24.3. The molecular formula is C32H39N5O2S. The largest absolute Gasteiger partial charge is 0.494 e. The van der Waals surface area contributed by atoms with Crippen LogP contribution in [0.25, 0.3) is 17.1 Å². The summed E-state index contributed by atoms with van der Waals surface area (Å²) in [5, 5.41) is 12.7. The molecular weight excluding hydrogens is 518 g/mol. The van der Waals surface area contributed by atoms with E-state index in [1.165, 1.54) is 17.3 Å². The Morgan fingerprint density at radius 1 is 0.900 bits per heavy atom. The molecule has 0 spiro atoms. The molecule has 0 saturated heterocycles. The van der Waals surface area contributed by atoms with Crippen LogP contribution in [-0.4, -0.2) is 46.1 Å². The number of nitrogens with one attached hydrogen (secondary N) is 1. The first kappa shape index (κ1) is 29.2. The zero-order chi connectivity index (χ0) is 28.7. The number of amides is 1. The molecule has 0 unspecified atom stereocenters. The summed E-state index contributed by atoms with van der Waals surface area (Å²) in [6.07, 6.45) is 0. The standard InChI is InChI=1S/C32H39N5O2S/c1-7-36(8-2)26-16-14-25(15-17-26)33-29(38)22-40-31-35-34-30(23-10-12-24(13-11-23)32(4,5)6)37(31)27-18-20-28(21-19-27)39-9-3/h10-21H,7-9,22H2,1-6H3,(H,33,38). The van der Waals surface area contributed by atoms with Crippen molar-refractivity contribution in [2.45, 2.75) is 52.1 Å². The smallest absolute Gasteiger partial charge is 0.234 e. The van der Waals surface area contributed by atoms with E-state index < -0.39 is 0 Å². The molecule has 210 valence electrons. The summed E-state index contributed by atoms with van der Waals surface area (Å²) < 4.78 is 7.63. The Morgan fingerprint density at radius 2 is 1.55 bits per heavy atom. The van der Waals surface area contributed by atoms with Crippen molar-refractivity contribution >= 4 is 29.0 Å². The fourth-order valence-electron chi connectivity index (χ4n) is 4.43. The van der Waals surface area contributed by atoms with Crippen LogP contribution in [-0.2, 0) is 10.2 Å². The molecule has 0 bridgehead atoms. The van der Waals surface area contributed by atoms with Gasteiger partial charge >= 0.3 is 0 Å². The molecule has 0 aliphatic carbocycles. The third-order valence-corrected chi connectivity index (χ3v) is 7.59. The van der Waals surface area contributed by atoms with Gasteiger partial charge in [-0.25, -0.2) is 0 Å². The van der Waals surface area contributed by atoms with Crippen LogP contribution in [0.2, 0.25) is 0 Å². The summed E-state index contributed by atoms with van der Waals surface area (Å²) >= 11 is 1.36. The molecule has 40 heavy (non-hydrogen) atoms. The van der Waals surface area contributed by atoms with Gasteiger partial charge in [0.15, 0.2) is 11.0 Å². The Hall–Kier alpha value is -3.78. The topological polar surface area (TPSA) is 72.3 Å². The van der Waals surface area contributed by atoms with E-state index in [4.69, 9.17) is 4.74 Å². The Balaban J connectivity index is 1.55. The first-order valence-corrected chi connectivity index (χ1v) is 14.8. The van der Waals surface area contributed by atoms with Crippen LogP contribution >= 0.6 is 11.8 Å².